The fraction of sp³-hybridized carbons (Fsp3) is 0.867. The van der Waals surface area contributed by atoms with Gasteiger partial charge in [0.25, 0.3) is 0 Å². The molecular weight excluding hydrogens is 252 g/mol. The third-order valence-corrected chi connectivity index (χ3v) is 4.12. The first-order valence-corrected chi connectivity index (χ1v) is 8.04. The predicted molar refractivity (Wildman–Crippen MR) is 79.3 cm³/mol. The summed E-state index contributed by atoms with van der Waals surface area (Å²) in [6, 6.07) is 0. The van der Waals surface area contributed by atoms with Crippen LogP contribution in [0.15, 0.2) is 6.20 Å². The second-order valence-electron chi connectivity index (χ2n) is 5.96. The standard InChI is InChI=1S/C15H28N4O/c1-2-3-4-5-8-18-9-6-7-14(10-18)11-19-12-15(13-20)16-17-19/h12,14,20H,2-11,13H2,1H3/t14-/m1/s1. The fourth-order valence-corrected chi connectivity index (χ4v) is 3.03. The number of nitrogens with zero attached hydrogens (tertiary/aromatic N) is 4. The second kappa shape index (κ2) is 8.37. The van der Waals surface area contributed by atoms with Gasteiger partial charge in [0.15, 0.2) is 0 Å². The molecule has 20 heavy (non-hydrogen) atoms. The molecule has 5 nitrogen and oxygen atoms in total. The predicted octanol–water partition coefficient (Wildman–Crippen LogP) is 2.06. The van der Waals surface area contributed by atoms with Crippen molar-refractivity contribution in [3.63, 3.8) is 0 Å². The lowest BCUT2D eigenvalue weighted by Gasteiger charge is -2.32. The Balaban J connectivity index is 1.72. The lowest BCUT2D eigenvalue weighted by molar-refractivity contribution is 0.157. The number of unbranched alkanes of at least 4 members (excludes halogenated alkanes) is 3. The van der Waals surface area contributed by atoms with Gasteiger partial charge in [-0.3, -0.25) is 4.68 Å². The molecule has 1 aromatic rings. The molecule has 2 heterocycles. The normalized spacial score (nSPS) is 20.4. The summed E-state index contributed by atoms with van der Waals surface area (Å²) in [6.07, 6.45) is 9.79. The summed E-state index contributed by atoms with van der Waals surface area (Å²) in [6.45, 7) is 6.85. The zero-order valence-corrected chi connectivity index (χ0v) is 12.7. The van der Waals surface area contributed by atoms with E-state index >= 15 is 0 Å². The average molecular weight is 280 g/mol. The number of piperidine rings is 1. The molecular formula is C15H28N4O. The van der Waals surface area contributed by atoms with Gasteiger partial charge in [-0.15, -0.1) is 5.10 Å². The van der Waals surface area contributed by atoms with E-state index in [1.807, 2.05) is 10.9 Å². The molecule has 1 saturated heterocycles. The Bertz CT molecular complexity index is 380. The highest BCUT2D eigenvalue weighted by molar-refractivity contribution is 4.89. The van der Waals surface area contributed by atoms with E-state index in [2.05, 4.69) is 22.1 Å². The fourth-order valence-electron chi connectivity index (χ4n) is 3.03. The van der Waals surface area contributed by atoms with Crippen molar-refractivity contribution in [2.75, 3.05) is 19.6 Å². The summed E-state index contributed by atoms with van der Waals surface area (Å²) in [7, 11) is 0. The maximum absolute atomic E-state index is 9.02. The summed E-state index contributed by atoms with van der Waals surface area (Å²) in [5.74, 6) is 0.670. The van der Waals surface area contributed by atoms with Crippen LogP contribution in [0.25, 0.3) is 0 Å². The van der Waals surface area contributed by atoms with Crippen molar-refractivity contribution in [2.45, 2.75) is 58.6 Å². The SMILES string of the molecule is CCCCCCN1CCC[C@@H](Cn2cc(CO)nn2)C1. The van der Waals surface area contributed by atoms with E-state index in [0.717, 1.165) is 6.54 Å². The number of aliphatic hydroxyl groups excluding tert-OH is 1. The van der Waals surface area contributed by atoms with Crippen LogP contribution in [-0.2, 0) is 13.2 Å². The van der Waals surface area contributed by atoms with Gasteiger partial charge in [0.05, 0.1) is 12.8 Å². The van der Waals surface area contributed by atoms with Gasteiger partial charge in [-0.05, 0) is 38.3 Å². The summed E-state index contributed by atoms with van der Waals surface area (Å²) in [4.78, 5) is 2.60. The first-order valence-electron chi connectivity index (χ1n) is 8.04. The smallest absolute Gasteiger partial charge is 0.108 e. The Morgan fingerprint density at radius 2 is 2.25 bits per heavy atom. The van der Waals surface area contributed by atoms with Gasteiger partial charge in [-0.1, -0.05) is 31.4 Å². The van der Waals surface area contributed by atoms with Crippen LogP contribution in [0.4, 0.5) is 0 Å². The van der Waals surface area contributed by atoms with Gasteiger partial charge in [0.2, 0.25) is 0 Å². The van der Waals surface area contributed by atoms with Crippen molar-refractivity contribution < 1.29 is 5.11 Å². The van der Waals surface area contributed by atoms with Crippen molar-refractivity contribution in [1.29, 1.82) is 0 Å². The lowest BCUT2D eigenvalue weighted by atomic mass is 9.97. The van der Waals surface area contributed by atoms with Gasteiger partial charge in [-0.25, -0.2) is 0 Å². The third-order valence-electron chi connectivity index (χ3n) is 4.12. The molecule has 0 bridgehead atoms. The Morgan fingerprint density at radius 3 is 3.00 bits per heavy atom. The van der Waals surface area contributed by atoms with Gasteiger partial charge >= 0.3 is 0 Å². The summed E-state index contributed by atoms with van der Waals surface area (Å²) < 4.78 is 1.89. The van der Waals surface area contributed by atoms with Crippen molar-refractivity contribution in [1.82, 2.24) is 19.9 Å². The Hall–Kier alpha value is -0.940. The van der Waals surface area contributed by atoms with E-state index in [1.54, 1.807) is 0 Å². The van der Waals surface area contributed by atoms with Gasteiger partial charge in [0, 0.05) is 13.1 Å². The van der Waals surface area contributed by atoms with Crippen molar-refractivity contribution >= 4 is 0 Å². The molecule has 0 spiro atoms. The molecule has 0 saturated carbocycles. The van der Waals surface area contributed by atoms with Crippen molar-refractivity contribution in [2.24, 2.45) is 5.92 Å². The molecule has 0 unspecified atom stereocenters. The number of aliphatic hydroxyl groups is 1. The first-order chi connectivity index (χ1) is 9.81. The van der Waals surface area contributed by atoms with Gasteiger partial charge in [0.1, 0.15) is 5.69 Å². The van der Waals surface area contributed by atoms with Crippen LogP contribution in [0.1, 0.15) is 51.1 Å². The second-order valence-corrected chi connectivity index (χ2v) is 5.96. The number of likely N-dealkylation sites (tertiary alicyclic amines) is 1. The Labute approximate surface area is 122 Å². The minimum atomic E-state index is -0.0196. The number of hydrogen-bond donors (Lipinski definition) is 1. The minimum absolute atomic E-state index is 0.0196. The van der Waals surface area contributed by atoms with E-state index in [-0.39, 0.29) is 6.61 Å². The van der Waals surface area contributed by atoms with Gasteiger partial charge < -0.3 is 10.0 Å². The number of hydrogen-bond acceptors (Lipinski definition) is 4. The molecule has 1 fully saturated rings. The molecule has 0 amide bonds. The summed E-state index contributed by atoms with van der Waals surface area (Å²) in [5, 5.41) is 17.0. The quantitative estimate of drug-likeness (QED) is 0.741. The van der Waals surface area contributed by atoms with E-state index in [9.17, 15) is 0 Å². The summed E-state index contributed by atoms with van der Waals surface area (Å²) >= 11 is 0. The highest BCUT2D eigenvalue weighted by atomic mass is 16.3. The highest BCUT2D eigenvalue weighted by Gasteiger charge is 2.20. The van der Waals surface area contributed by atoms with Crippen LogP contribution in [0, 0.1) is 5.92 Å². The molecule has 0 radical (unpaired) electrons. The van der Waals surface area contributed by atoms with Crippen molar-refractivity contribution in [3.05, 3.63) is 11.9 Å². The molecule has 1 N–H and O–H groups in total. The maximum atomic E-state index is 9.02. The minimum Gasteiger partial charge on any atom is -0.390 e. The van der Waals surface area contributed by atoms with E-state index in [4.69, 9.17) is 5.11 Å². The van der Waals surface area contributed by atoms with Crippen LogP contribution in [0.5, 0.6) is 0 Å². The Morgan fingerprint density at radius 1 is 1.35 bits per heavy atom. The molecule has 2 rings (SSSR count). The molecule has 0 aromatic carbocycles. The van der Waals surface area contributed by atoms with Crippen LogP contribution >= 0.6 is 0 Å². The molecule has 1 aliphatic heterocycles. The monoisotopic (exact) mass is 280 g/mol. The van der Waals surface area contributed by atoms with Gasteiger partial charge in [-0.2, -0.15) is 0 Å². The zero-order chi connectivity index (χ0) is 14.2. The van der Waals surface area contributed by atoms with Crippen molar-refractivity contribution in [3.8, 4) is 0 Å². The topological polar surface area (TPSA) is 54.2 Å². The molecule has 114 valence electrons. The van der Waals surface area contributed by atoms with E-state index in [1.165, 1.54) is 58.2 Å². The zero-order valence-electron chi connectivity index (χ0n) is 12.7. The lowest BCUT2D eigenvalue weighted by Crippen LogP contribution is -2.37. The first kappa shape index (κ1) is 15.4. The van der Waals surface area contributed by atoms with E-state index in [0.29, 0.717) is 11.6 Å². The van der Waals surface area contributed by atoms with Crippen LogP contribution < -0.4 is 0 Å². The highest BCUT2D eigenvalue weighted by Crippen LogP contribution is 2.18. The Kier molecular flexibility index (Phi) is 6.47. The summed E-state index contributed by atoms with van der Waals surface area (Å²) in [5.41, 5.74) is 0.664. The third kappa shape index (κ3) is 4.87. The molecule has 1 aliphatic rings. The number of aromatic nitrogens is 3. The largest absolute Gasteiger partial charge is 0.390 e. The van der Waals surface area contributed by atoms with E-state index < -0.39 is 0 Å². The average Bonchev–Trinajstić information content (AvgIpc) is 2.92. The molecule has 1 atom stereocenters. The maximum Gasteiger partial charge on any atom is 0.108 e. The van der Waals surface area contributed by atoms with Crippen LogP contribution in [0.3, 0.4) is 0 Å². The molecule has 5 heteroatoms. The molecule has 0 aliphatic carbocycles. The van der Waals surface area contributed by atoms with Crippen LogP contribution in [-0.4, -0.2) is 44.6 Å². The number of rotatable bonds is 8. The molecule has 1 aromatic heterocycles. The van der Waals surface area contributed by atoms with Crippen LogP contribution in [0.2, 0.25) is 0 Å².